The molecule has 1 unspecified atom stereocenters. The molecule has 5 heteroatoms. The Labute approximate surface area is 117 Å². The van der Waals surface area contributed by atoms with Crippen LogP contribution in [0.2, 0.25) is 0 Å². The van der Waals surface area contributed by atoms with Gasteiger partial charge in [-0.3, -0.25) is 4.79 Å². The molecule has 1 rings (SSSR count). The SMILES string of the molecule is CC(C)C(C)NC(=O)c1ccc(Br)cc1N.Cl. The lowest BCUT2D eigenvalue weighted by Crippen LogP contribution is -2.36. The van der Waals surface area contributed by atoms with Gasteiger partial charge in [0.1, 0.15) is 0 Å². The van der Waals surface area contributed by atoms with Gasteiger partial charge >= 0.3 is 0 Å². The average molecular weight is 322 g/mol. The summed E-state index contributed by atoms with van der Waals surface area (Å²) in [7, 11) is 0. The van der Waals surface area contributed by atoms with Gasteiger partial charge in [0, 0.05) is 16.2 Å². The first-order chi connectivity index (χ1) is 7.41. The number of hydrogen-bond acceptors (Lipinski definition) is 2. The smallest absolute Gasteiger partial charge is 0.253 e. The number of rotatable bonds is 3. The first-order valence-corrected chi connectivity index (χ1v) is 6.07. The van der Waals surface area contributed by atoms with Crippen molar-refractivity contribution in [2.24, 2.45) is 5.92 Å². The van der Waals surface area contributed by atoms with Crippen LogP contribution in [-0.4, -0.2) is 11.9 Å². The summed E-state index contributed by atoms with van der Waals surface area (Å²) in [6.45, 7) is 6.11. The van der Waals surface area contributed by atoms with Crippen LogP contribution in [0.4, 0.5) is 5.69 Å². The number of amides is 1. The molecule has 96 valence electrons. The van der Waals surface area contributed by atoms with Gasteiger partial charge in [0.15, 0.2) is 0 Å². The van der Waals surface area contributed by atoms with Gasteiger partial charge in [0.2, 0.25) is 0 Å². The topological polar surface area (TPSA) is 55.1 Å². The molecule has 0 aliphatic heterocycles. The van der Waals surface area contributed by atoms with Crippen molar-refractivity contribution in [3.8, 4) is 0 Å². The van der Waals surface area contributed by atoms with Gasteiger partial charge in [-0.25, -0.2) is 0 Å². The van der Waals surface area contributed by atoms with Crippen LogP contribution in [0.3, 0.4) is 0 Å². The van der Waals surface area contributed by atoms with Gasteiger partial charge in [-0.15, -0.1) is 12.4 Å². The van der Waals surface area contributed by atoms with Gasteiger partial charge in [-0.2, -0.15) is 0 Å². The highest BCUT2D eigenvalue weighted by Crippen LogP contribution is 2.18. The summed E-state index contributed by atoms with van der Waals surface area (Å²) in [5.74, 6) is 0.284. The fourth-order valence-electron chi connectivity index (χ4n) is 1.19. The molecule has 0 aliphatic carbocycles. The second kappa shape index (κ2) is 6.87. The van der Waals surface area contributed by atoms with E-state index in [4.69, 9.17) is 5.73 Å². The van der Waals surface area contributed by atoms with Crippen LogP contribution in [-0.2, 0) is 0 Å². The van der Waals surface area contributed by atoms with E-state index < -0.39 is 0 Å². The van der Waals surface area contributed by atoms with Crippen molar-refractivity contribution in [1.29, 1.82) is 0 Å². The van der Waals surface area contributed by atoms with Crippen molar-refractivity contribution in [1.82, 2.24) is 5.32 Å². The van der Waals surface area contributed by atoms with Crippen LogP contribution >= 0.6 is 28.3 Å². The van der Waals surface area contributed by atoms with Crippen LogP contribution in [0.5, 0.6) is 0 Å². The number of carbonyl (C=O) groups excluding carboxylic acids is 1. The Kier molecular flexibility index (Phi) is 6.57. The molecule has 0 heterocycles. The first-order valence-electron chi connectivity index (χ1n) is 5.27. The predicted octanol–water partition coefficient (Wildman–Crippen LogP) is 3.23. The number of nitrogens with two attached hydrogens (primary N) is 1. The molecular weight excluding hydrogens is 304 g/mol. The molecular formula is C12H18BrClN2O. The molecule has 0 spiro atoms. The standard InChI is InChI=1S/C12H17BrN2O.ClH/c1-7(2)8(3)15-12(16)10-5-4-9(13)6-11(10)14;/h4-8H,14H2,1-3H3,(H,15,16);1H. The zero-order valence-electron chi connectivity index (χ0n) is 10.2. The van der Waals surface area contributed by atoms with Crippen molar-refractivity contribution in [3.63, 3.8) is 0 Å². The maximum Gasteiger partial charge on any atom is 0.253 e. The van der Waals surface area contributed by atoms with E-state index >= 15 is 0 Å². The molecule has 3 nitrogen and oxygen atoms in total. The number of carbonyl (C=O) groups is 1. The van der Waals surface area contributed by atoms with Crippen molar-refractivity contribution in [3.05, 3.63) is 28.2 Å². The van der Waals surface area contributed by atoms with Gasteiger partial charge < -0.3 is 11.1 Å². The highest BCUT2D eigenvalue weighted by atomic mass is 79.9. The highest BCUT2D eigenvalue weighted by molar-refractivity contribution is 9.10. The number of nitrogens with one attached hydrogen (secondary N) is 1. The molecule has 3 N–H and O–H groups in total. The number of anilines is 1. The minimum atomic E-state index is -0.119. The molecule has 0 aromatic heterocycles. The molecule has 1 amide bonds. The van der Waals surface area contributed by atoms with Crippen LogP contribution in [0.15, 0.2) is 22.7 Å². The third-order valence-electron chi connectivity index (χ3n) is 2.62. The Morgan fingerprint density at radius 2 is 1.94 bits per heavy atom. The Balaban J connectivity index is 0.00000256. The van der Waals surface area contributed by atoms with Crippen LogP contribution in [0.25, 0.3) is 0 Å². The zero-order chi connectivity index (χ0) is 12.3. The molecule has 0 radical (unpaired) electrons. The fourth-order valence-corrected chi connectivity index (χ4v) is 1.57. The first kappa shape index (κ1) is 16.3. The number of hydrogen-bond donors (Lipinski definition) is 2. The quantitative estimate of drug-likeness (QED) is 0.840. The van der Waals surface area contributed by atoms with Gasteiger partial charge in [-0.1, -0.05) is 29.8 Å². The number of halogens is 2. The van der Waals surface area contributed by atoms with E-state index in [-0.39, 0.29) is 24.4 Å². The summed E-state index contributed by atoms with van der Waals surface area (Å²) in [6, 6.07) is 5.40. The lowest BCUT2D eigenvalue weighted by atomic mass is 10.1. The summed E-state index contributed by atoms with van der Waals surface area (Å²) < 4.78 is 0.874. The molecule has 0 saturated carbocycles. The van der Waals surface area contributed by atoms with Crippen LogP contribution in [0, 0.1) is 5.92 Å². The third kappa shape index (κ3) is 4.56. The lowest BCUT2D eigenvalue weighted by Gasteiger charge is -2.18. The monoisotopic (exact) mass is 320 g/mol. The largest absolute Gasteiger partial charge is 0.398 e. The summed E-state index contributed by atoms with van der Waals surface area (Å²) in [6.07, 6.45) is 0. The van der Waals surface area contributed by atoms with Crippen LogP contribution in [0.1, 0.15) is 31.1 Å². The van der Waals surface area contributed by atoms with E-state index in [1.54, 1.807) is 12.1 Å². The second-order valence-electron chi connectivity index (χ2n) is 4.24. The molecule has 0 saturated heterocycles. The second-order valence-corrected chi connectivity index (χ2v) is 5.15. The minimum absolute atomic E-state index is 0. The average Bonchev–Trinajstić information content (AvgIpc) is 2.16. The van der Waals surface area contributed by atoms with Crippen molar-refractivity contribution >= 4 is 39.9 Å². The fraction of sp³-hybridized carbons (Fsp3) is 0.417. The molecule has 1 aromatic carbocycles. The van der Waals surface area contributed by atoms with Crippen molar-refractivity contribution in [2.75, 3.05) is 5.73 Å². The normalized spacial score (nSPS) is 11.8. The minimum Gasteiger partial charge on any atom is -0.398 e. The van der Waals surface area contributed by atoms with E-state index in [0.717, 1.165) is 4.47 Å². The molecule has 0 bridgehead atoms. The van der Waals surface area contributed by atoms with Gasteiger partial charge in [0.05, 0.1) is 5.56 Å². The van der Waals surface area contributed by atoms with E-state index in [9.17, 15) is 4.79 Å². The Morgan fingerprint density at radius 1 is 1.35 bits per heavy atom. The zero-order valence-corrected chi connectivity index (χ0v) is 12.6. The molecule has 17 heavy (non-hydrogen) atoms. The predicted molar refractivity (Wildman–Crippen MR) is 77.6 cm³/mol. The molecule has 1 aromatic rings. The Bertz CT molecular complexity index is 396. The molecule has 1 atom stereocenters. The maximum absolute atomic E-state index is 11.9. The summed E-state index contributed by atoms with van der Waals surface area (Å²) in [5.41, 5.74) is 6.80. The number of nitrogen functional groups attached to an aromatic ring is 1. The summed E-state index contributed by atoms with van der Waals surface area (Å²) >= 11 is 3.31. The van der Waals surface area contributed by atoms with E-state index in [1.165, 1.54) is 0 Å². The Morgan fingerprint density at radius 3 is 2.41 bits per heavy atom. The van der Waals surface area contributed by atoms with Gasteiger partial charge in [-0.05, 0) is 31.0 Å². The van der Waals surface area contributed by atoms with Crippen molar-refractivity contribution < 1.29 is 4.79 Å². The van der Waals surface area contributed by atoms with Gasteiger partial charge in [0.25, 0.3) is 5.91 Å². The summed E-state index contributed by atoms with van der Waals surface area (Å²) in [4.78, 5) is 11.9. The number of benzene rings is 1. The van der Waals surface area contributed by atoms with E-state index in [1.807, 2.05) is 13.0 Å². The summed E-state index contributed by atoms with van der Waals surface area (Å²) in [5, 5.41) is 2.92. The Hall–Kier alpha value is -0.740. The lowest BCUT2D eigenvalue weighted by molar-refractivity contribution is 0.0931. The van der Waals surface area contributed by atoms with E-state index in [0.29, 0.717) is 17.2 Å². The molecule has 0 aliphatic rings. The van der Waals surface area contributed by atoms with E-state index in [2.05, 4.69) is 35.1 Å². The van der Waals surface area contributed by atoms with Crippen LogP contribution < -0.4 is 11.1 Å². The third-order valence-corrected chi connectivity index (χ3v) is 3.11. The maximum atomic E-state index is 11.9. The molecule has 0 fully saturated rings. The highest BCUT2D eigenvalue weighted by Gasteiger charge is 2.14. The van der Waals surface area contributed by atoms with Crippen molar-refractivity contribution in [2.45, 2.75) is 26.8 Å².